The third-order valence-corrected chi connectivity index (χ3v) is 5.22. The van der Waals surface area contributed by atoms with Gasteiger partial charge in [-0.1, -0.05) is 11.6 Å². The second-order valence-electron chi connectivity index (χ2n) is 6.90. The molecular formula is C18H16ClF4N3O3. The molecule has 3 rings (SSSR count). The van der Waals surface area contributed by atoms with Crippen molar-refractivity contribution >= 4 is 17.5 Å². The molecule has 0 fully saturated rings. The van der Waals surface area contributed by atoms with Gasteiger partial charge in [-0.05, 0) is 31.2 Å². The van der Waals surface area contributed by atoms with Crippen LogP contribution in [0.5, 0.6) is 5.75 Å². The first-order valence-electron chi connectivity index (χ1n) is 8.28. The van der Waals surface area contributed by atoms with E-state index < -0.39 is 41.2 Å². The summed E-state index contributed by atoms with van der Waals surface area (Å²) in [6.45, 7) is -0.197. The van der Waals surface area contributed by atoms with Crippen molar-refractivity contribution in [1.29, 1.82) is 0 Å². The maximum absolute atomic E-state index is 14.5. The Morgan fingerprint density at radius 1 is 1.38 bits per heavy atom. The molecule has 1 aliphatic heterocycles. The first-order chi connectivity index (χ1) is 13.3. The van der Waals surface area contributed by atoms with Crippen LogP contribution in [0.25, 0.3) is 11.3 Å². The van der Waals surface area contributed by atoms with Crippen LogP contribution < -0.4 is 16.2 Å². The Balaban J connectivity index is 2.40. The number of alkyl halides is 3. The molecule has 5 N–H and O–H groups in total. The summed E-state index contributed by atoms with van der Waals surface area (Å²) in [6.07, 6.45) is -5.20. The van der Waals surface area contributed by atoms with E-state index in [4.69, 9.17) is 27.8 Å². The number of rotatable bonds is 4. The monoisotopic (exact) mass is 433 g/mol. The van der Waals surface area contributed by atoms with Crippen LogP contribution in [-0.4, -0.2) is 35.3 Å². The van der Waals surface area contributed by atoms with Crippen LogP contribution in [0.2, 0.25) is 5.02 Å². The largest absolute Gasteiger partial charge is 0.489 e. The van der Waals surface area contributed by atoms with E-state index in [9.17, 15) is 27.5 Å². The summed E-state index contributed by atoms with van der Waals surface area (Å²) in [5.74, 6) is -1.85. The van der Waals surface area contributed by atoms with Gasteiger partial charge in [-0.3, -0.25) is 4.79 Å². The van der Waals surface area contributed by atoms with Crippen molar-refractivity contribution in [3.8, 4) is 17.0 Å². The Labute approximate surface area is 167 Å². The number of benzene rings is 1. The number of nitrogens with zero attached hydrogens (tertiary/aromatic N) is 1. The molecule has 11 heteroatoms. The molecule has 2 atom stereocenters. The van der Waals surface area contributed by atoms with Crippen molar-refractivity contribution in [2.75, 3.05) is 13.2 Å². The van der Waals surface area contributed by atoms with Gasteiger partial charge in [0.05, 0.1) is 5.69 Å². The Bertz CT molecular complexity index is 1000. The number of halogens is 5. The number of pyridine rings is 1. The predicted octanol–water partition coefficient (Wildman–Crippen LogP) is 2.39. The average molecular weight is 434 g/mol. The molecule has 0 radical (unpaired) electrons. The van der Waals surface area contributed by atoms with Crippen LogP contribution >= 0.6 is 11.6 Å². The molecule has 1 aromatic heterocycles. The topological polar surface area (TPSA) is 111 Å². The van der Waals surface area contributed by atoms with Gasteiger partial charge >= 0.3 is 6.18 Å². The van der Waals surface area contributed by atoms with E-state index in [0.717, 1.165) is 18.2 Å². The first kappa shape index (κ1) is 21.3. The summed E-state index contributed by atoms with van der Waals surface area (Å²) in [7, 11) is 0. The van der Waals surface area contributed by atoms with Gasteiger partial charge in [0.2, 0.25) is 11.5 Å². The minimum absolute atomic E-state index is 0.0690. The zero-order chi connectivity index (χ0) is 21.8. The van der Waals surface area contributed by atoms with E-state index in [1.807, 2.05) is 0 Å². The molecule has 1 aliphatic rings. The van der Waals surface area contributed by atoms with Gasteiger partial charge in [-0.15, -0.1) is 0 Å². The molecule has 2 aromatic rings. The highest BCUT2D eigenvalue weighted by Crippen LogP contribution is 2.48. The number of primary amides is 1. The fraction of sp³-hybridized carbons (Fsp3) is 0.333. The second kappa shape index (κ2) is 6.82. The molecule has 0 spiro atoms. The summed E-state index contributed by atoms with van der Waals surface area (Å²) in [4.78, 5) is 15.8. The number of amides is 1. The van der Waals surface area contributed by atoms with Crippen molar-refractivity contribution in [2.24, 2.45) is 11.5 Å². The van der Waals surface area contributed by atoms with Gasteiger partial charge < -0.3 is 21.3 Å². The second-order valence-corrected chi connectivity index (χ2v) is 7.34. The molecule has 0 saturated heterocycles. The summed E-state index contributed by atoms with van der Waals surface area (Å²) >= 11 is 5.89. The number of hydrogen-bond donors (Lipinski definition) is 3. The zero-order valence-electron chi connectivity index (χ0n) is 15.0. The molecule has 6 nitrogen and oxygen atoms in total. The molecular weight excluding hydrogens is 418 g/mol. The summed E-state index contributed by atoms with van der Waals surface area (Å²) in [6, 6.07) is 4.24. The highest BCUT2D eigenvalue weighted by atomic mass is 35.5. The summed E-state index contributed by atoms with van der Waals surface area (Å²) < 4.78 is 60.7. The van der Waals surface area contributed by atoms with E-state index in [-0.39, 0.29) is 34.2 Å². The van der Waals surface area contributed by atoms with Crippen LogP contribution in [0.4, 0.5) is 17.6 Å². The molecule has 0 bridgehead atoms. The lowest BCUT2D eigenvalue weighted by atomic mass is 9.82. The van der Waals surface area contributed by atoms with E-state index in [1.165, 1.54) is 13.0 Å². The Hall–Kier alpha value is -2.43. The number of aromatic nitrogens is 1. The van der Waals surface area contributed by atoms with Crippen LogP contribution in [0.1, 0.15) is 18.2 Å². The number of nitrogens with two attached hydrogens (primary N) is 2. The molecule has 1 aromatic carbocycles. The van der Waals surface area contributed by atoms with Gasteiger partial charge in [-0.2, -0.15) is 13.2 Å². The molecule has 0 saturated carbocycles. The summed E-state index contributed by atoms with van der Waals surface area (Å²) in [5, 5.41) is 10.4. The van der Waals surface area contributed by atoms with Gasteiger partial charge in [-0.25, -0.2) is 9.37 Å². The van der Waals surface area contributed by atoms with E-state index in [1.54, 1.807) is 0 Å². The summed E-state index contributed by atoms with van der Waals surface area (Å²) in [5.41, 5.74) is 3.94. The maximum Gasteiger partial charge on any atom is 0.424 e. The smallest absolute Gasteiger partial charge is 0.424 e. The zero-order valence-corrected chi connectivity index (χ0v) is 15.7. The maximum atomic E-state index is 14.5. The first-order valence-corrected chi connectivity index (χ1v) is 8.66. The lowest BCUT2D eigenvalue weighted by Gasteiger charge is -2.30. The van der Waals surface area contributed by atoms with E-state index in [0.29, 0.717) is 0 Å². The Kier molecular flexibility index (Phi) is 5.01. The van der Waals surface area contributed by atoms with Crippen molar-refractivity contribution < 1.29 is 32.2 Å². The van der Waals surface area contributed by atoms with Crippen LogP contribution in [0, 0.1) is 5.82 Å². The lowest BCUT2D eigenvalue weighted by molar-refractivity contribution is -0.263. The van der Waals surface area contributed by atoms with Gasteiger partial charge in [0.25, 0.3) is 0 Å². The quantitative estimate of drug-likeness (QED) is 0.641. The highest BCUT2D eigenvalue weighted by molar-refractivity contribution is 6.30. The molecule has 156 valence electrons. The number of hydrogen-bond acceptors (Lipinski definition) is 5. The highest BCUT2D eigenvalue weighted by Gasteiger charge is 2.56. The molecule has 0 unspecified atom stereocenters. The van der Waals surface area contributed by atoms with Crippen molar-refractivity contribution in [2.45, 2.75) is 24.1 Å². The SMILES string of the molecule is C[C@]1(C(N)=O)COc2c1cc([C@@](O)(CN)C(F)(F)F)nc2-c1cc(Cl)ccc1F. The van der Waals surface area contributed by atoms with Gasteiger partial charge in [0.1, 0.15) is 29.3 Å². The number of fused-ring (bicyclic) bond motifs is 1. The van der Waals surface area contributed by atoms with Gasteiger partial charge in [0, 0.05) is 22.7 Å². The predicted molar refractivity (Wildman–Crippen MR) is 95.7 cm³/mol. The fourth-order valence-electron chi connectivity index (χ4n) is 3.03. The third-order valence-electron chi connectivity index (χ3n) is 4.99. The number of ether oxygens (including phenoxy) is 1. The fourth-order valence-corrected chi connectivity index (χ4v) is 3.20. The number of aliphatic hydroxyl groups is 1. The Morgan fingerprint density at radius 2 is 2.03 bits per heavy atom. The van der Waals surface area contributed by atoms with E-state index in [2.05, 4.69) is 4.98 Å². The normalized spacial score (nSPS) is 20.7. The molecule has 0 aliphatic carbocycles. The number of carbonyl (C=O) groups is 1. The van der Waals surface area contributed by atoms with Crippen molar-refractivity contribution in [3.05, 3.63) is 46.4 Å². The van der Waals surface area contributed by atoms with Crippen LogP contribution in [-0.2, 0) is 15.8 Å². The molecule has 1 amide bonds. The molecule has 29 heavy (non-hydrogen) atoms. The lowest BCUT2D eigenvalue weighted by Crippen LogP contribution is -2.49. The minimum Gasteiger partial charge on any atom is -0.489 e. The Morgan fingerprint density at radius 3 is 2.59 bits per heavy atom. The van der Waals surface area contributed by atoms with Crippen molar-refractivity contribution in [3.63, 3.8) is 0 Å². The standard InChI is InChI=1S/C18H16ClF4N3O3/c1-16(15(25)27)7-29-14-10(16)5-12(17(28,6-24)18(21,22)23)26-13(14)9-4-8(19)2-3-11(9)20/h2-5,28H,6-7,24H2,1H3,(H2,25,27)/t16-,17-/m0/s1. The molecule has 2 heterocycles. The average Bonchev–Trinajstić information content (AvgIpc) is 3.00. The van der Waals surface area contributed by atoms with E-state index >= 15 is 0 Å². The van der Waals surface area contributed by atoms with Crippen molar-refractivity contribution in [1.82, 2.24) is 4.98 Å². The van der Waals surface area contributed by atoms with Crippen LogP contribution in [0.15, 0.2) is 24.3 Å². The van der Waals surface area contributed by atoms with Gasteiger partial charge in [0.15, 0.2) is 0 Å². The third kappa shape index (κ3) is 3.21. The number of carbonyl (C=O) groups excluding carboxylic acids is 1. The minimum atomic E-state index is -5.20. The van der Waals surface area contributed by atoms with Crippen LogP contribution in [0.3, 0.4) is 0 Å².